The molecule has 170 valence electrons. The van der Waals surface area contributed by atoms with Crippen LogP contribution in [-0.4, -0.2) is 30.1 Å². The number of fused-ring (bicyclic) bond motifs is 1. The van der Waals surface area contributed by atoms with Gasteiger partial charge in [0.15, 0.2) is 0 Å². The lowest BCUT2D eigenvalue weighted by Crippen LogP contribution is -2.56. The largest absolute Gasteiger partial charge is 0.376 e. The van der Waals surface area contributed by atoms with Crippen molar-refractivity contribution in [3.8, 4) is 0 Å². The molecule has 2 heterocycles. The van der Waals surface area contributed by atoms with Gasteiger partial charge in [-0.3, -0.25) is 9.59 Å². The van der Waals surface area contributed by atoms with E-state index >= 15 is 0 Å². The molecule has 2 unspecified atom stereocenters. The lowest BCUT2D eigenvalue weighted by atomic mass is 9.83. The van der Waals surface area contributed by atoms with Crippen molar-refractivity contribution >= 4 is 11.8 Å². The number of carbonyl (C=O) groups is 2. The van der Waals surface area contributed by atoms with E-state index in [1.807, 2.05) is 36.5 Å². The van der Waals surface area contributed by atoms with Crippen molar-refractivity contribution in [2.24, 2.45) is 11.8 Å². The van der Waals surface area contributed by atoms with Gasteiger partial charge >= 0.3 is 0 Å². The van der Waals surface area contributed by atoms with Crippen LogP contribution in [0.15, 0.2) is 54.0 Å². The van der Waals surface area contributed by atoms with E-state index in [1.165, 1.54) is 25.0 Å². The van der Waals surface area contributed by atoms with Gasteiger partial charge in [-0.05, 0) is 37.2 Å². The monoisotopic (exact) mass is 435 g/mol. The summed E-state index contributed by atoms with van der Waals surface area (Å²) in [6.45, 7) is 0.467. The molecule has 0 saturated heterocycles. The Morgan fingerprint density at radius 2 is 1.72 bits per heavy atom. The molecule has 0 aromatic heterocycles. The first-order valence-electron chi connectivity index (χ1n) is 12.0. The van der Waals surface area contributed by atoms with Crippen molar-refractivity contribution < 1.29 is 9.59 Å². The topological polar surface area (TPSA) is 94.3 Å². The van der Waals surface area contributed by atoms with Crippen molar-refractivity contribution in [3.05, 3.63) is 59.6 Å². The average molecular weight is 436 g/mol. The second-order valence-corrected chi connectivity index (χ2v) is 9.46. The molecule has 2 aliphatic heterocycles. The Balaban J connectivity index is 1.26. The van der Waals surface area contributed by atoms with Crippen LogP contribution in [0, 0.1) is 11.8 Å². The molecule has 7 nitrogen and oxygen atoms in total. The normalized spacial score (nSPS) is 25.8. The highest BCUT2D eigenvalue weighted by Gasteiger charge is 2.40. The zero-order valence-corrected chi connectivity index (χ0v) is 18.4. The molecule has 32 heavy (non-hydrogen) atoms. The zero-order chi connectivity index (χ0) is 21.9. The number of benzene rings is 1. The highest BCUT2D eigenvalue weighted by Crippen LogP contribution is 2.36. The number of amides is 2. The molecule has 5 N–H and O–H groups in total. The molecule has 4 aliphatic rings. The number of rotatable bonds is 7. The van der Waals surface area contributed by atoms with E-state index in [1.54, 1.807) is 6.20 Å². The molecule has 1 aromatic carbocycles. The Labute approximate surface area is 189 Å². The smallest absolute Gasteiger partial charge is 0.251 e. The standard InChI is InChI=1S/C25H33N5O2/c31-24(19-14-26-23-22(19)29-20(15-27-23)17-11-12-17)30-21(18-9-5-2-6-10-18)25(32)28-13-16-7-3-1-4-8-16/h1,3-4,7-8,14-15,17-18,21-23,26-27,29H,2,5-6,9-13H2,(H,28,32)(H,30,31)/t21-,22?,23?/m1/s1. The van der Waals surface area contributed by atoms with Gasteiger partial charge in [0.25, 0.3) is 5.91 Å². The zero-order valence-electron chi connectivity index (χ0n) is 18.4. The quantitative estimate of drug-likeness (QED) is 0.452. The van der Waals surface area contributed by atoms with Crippen molar-refractivity contribution in [2.45, 2.75) is 69.7 Å². The highest BCUT2D eigenvalue weighted by atomic mass is 16.2. The predicted molar refractivity (Wildman–Crippen MR) is 123 cm³/mol. The Bertz CT molecular complexity index is 902. The van der Waals surface area contributed by atoms with Crippen LogP contribution in [-0.2, 0) is 16.1 Å². The molecule has 7 heteroatoms. The minimum Gasteiger partial charge on any atom is -0.376 e. The maximum Gasteiger partial charge on any atom is 0.251 e. The molecule has 0 spiro atoms. The summed E-state index contributed by atoms with van der Waals surface area (Å²) in [4.78, 5) is 26.5. The molecular formula is C25H33N5O2. The third kappa shape index (κ3) is 4.61. The highest BCUT2D eigenvalue weighted by molar-refractivity contribution is 5.98. The van der Waals surface area contributed by atoms with Gasteiger partial charge in [-0.2, -0.15) is 0 Å². The van der Waals surface area contributed by atoms with Crippen LogP contribution in [0.5, 0.6) is 0 Å². The van der Waals surface area contributed by atoms with E-state index in [0.29, 0.717) is 18.0 Å². The fourth-order valence-electron chi connectivity index (χ4n) is 5.07. The average Bonchev–Trinajstić information content (AvgIpc) is 3.61. The second kappa shape index (κ2) is 9.27. The summed E-state index contributed by atoms with van der Waals surface area (Å²) in [5.74, 6) is 0.494. The van der Waals surface area contributed by atoms with E-state index in [0.717, 1.165) is 31.2 Å². The van der Waals surface area contributed by atoms with Gasteiger partial charge in [0, 0.05) is 30.6 Å². The van der Waals surface area contributed by atoms with Crippen LogP contribution >= 0.6 is 0 Å². The molecule has 2 aliphatic carbocycles. The minimum atomic E-state index is -0.513. The molecule has 2 saturated carbocycles. The van der Waals surface area contributed by atoms with E-state index < -0.39 is 6.04 Å². The molecule has 5 rings (SSSR count). The van der Waals surface area contributed by atoms with Crippen molar-refractivity contribution in [3.63, 3.8) is 0 Å². The summed E-state index contributed by atoms with van der Waals surface area (Å²) < 4.78 is 0. The SMILES string of the molecule is O=C(N[C@@H](C(=O)NCc1ccccc1)C1CCCCC1)C1=CNC2NC=C(C3CC3)NC12. The molecule has 2 fully saturated rings. The first kappa shape index (κ1) is 20.9. The lowest BCUT2D eigenvalue weighted by Gasteiger charge is -2.33. The number of hydrogen-bond donors (Lipinski definition) is 5. The summed E-state index contributed by atoms with van der Waals surface area (Å²) in [5.41, 5.74) is 2.89. The number of nitrogens with one attached hydrogen (secondary N) is 5. The minimum absolute atomic E-state index is 0.0433. The molecule has 2 amide bonds. The summed E-state index contributed by atoms with van der Waals surface area (Å²) in [7, 11) is 0. The van der Waals surface area contributed by atoms with Gasteiger partial charge in [-0.1, -0.05) is 49.6 Å². The van der Waals surface area contributed by atoms with E-state index in [2.05, 4.69) is 26.6 Å². The first-order valence-corrected chi connectivity index (χ1v) is 12.0. The summed E-state index contributed by atoms with van der Waals surface area (Å²) >= 11 is 0. The molecule has 1 aromatic rings. The molecule has 3 atom stereocenters. The third-order valence-corrected chi connectivity index (χ3v) is 7.11. The maximum atomic E-state index is 13.3. The van der Waals surface area contributed by atoms with Gasteiger partial charge in [0.05, 0.1) is 11.6 Å². The number of carbonyl (C=O) groups excluding carboxylic acids is 2. The van der Waals surface area contributed by atoms with Crippen LogP contribution in [0.4, 0.5) is 0 Å². The lowest BCUT2D eigenvalue weighted by molar-refractivity contribution is -0.129. The summed E-state index contributed by atoms with van der Waals surface area (Å²) in [6, 6.07) is 9.25. The Kier molecular flexibility index (Phi) is 6.06. The summed E-state index contributed by atoms with van der Waals surface area (Å²) in [5, 5.41) is 16.3. The Morgan fingerprint density at radius 3 is 2.47 bits per heavy atom. The van der Waals surface area contributed by atoms with Crippen molar-refractivity contribution in [2.75, 3.05) is 0 Å². The van der Waals surface area contributed by atoms with E-state index in [9.17, 15) is 9.59 Å². The Morgan fingerprint density at radius 1 is 0.969 bits per heavy atom. The van der Waals surface area contributed by atoms with E-state index in [4.69, 9.17) is 0 Å². The van der Waals surface area contributed by atoms with Crippen LogP contribution < -0.4 is 26.6 Å². The number of allylic oxidation sites excluding steroid dienone is 1. The summed E-state index contributed by atoms with van der Waals surface area (Å²) in [6.07, 6.45) is 11.5. The predicted octanol–water partition coefficient (Wildman–Crippen LogP) is 1.99. The van der Waals surface area contributed by atoms with Crippen LogP contribution in [0.2, 0.25) is 0 Å². The first-order chi connectivity index (χ1) is 15.7. The molecule has 0 radical (unpaired) electrons. The number of hydrogen-bond acceptors (Lipinski definition) is 5. The van der Waals surface area contributed by atoms with Crippen molar-refractivity contribution in [1.29, 1.82) is 0 Å². The van der Waals surface area contributed by atoms with E-state index in [-0.39, 0.29) is 29.9 Å². The van der Waals surface area contributed by atoms with Gasteiger partial charge in [0.2, 0.25) is 5.91 Å². The van der Waals surface area contributed by atoms with Gasteiger partial charge in [-0.15, -0.1) is 0 Å². The van der Waals surface area contributed by atoms with Crippen LogP contribution in [0.25, 0.3) is 0 Å². The molecule has 0 bridgehead atoms. The van der Waals surface area contributed by atoms with Gasteiger partial charge in [0.1, 0.15) is 12.2 Å². The maximum absolute atomic E-state index is 13.3. The van der Waals surface area contributed by atoms with Gasteiger partial charge < -0.3 is 26.6 Å². The van der Waals surface area contributed by atoms with Crippen LogP contribution in [0.1, 0.15) is 50.5 Å². The molecular weight excluding hydrogens is 402 g/mol. The van der Waals surface area contributed by atoms with Crippen LogP contribution in [0.3, 0.4) is 0 Å². The third-order valence-electron chi connectivity index (χ3n) is 7.11. The van der Waals surface area contributed by atoms with Gasteiger partial charge in [-0.25, -0.2) is 0 Å². The van der Waals surface area contributed by atoms with Crippen molar-refractivity contribution in [1.82, 2.24) is 26.6 Å². The fourth-order valence-corrected chi connectivity index (χ4v) is 5.07. The fraction of sp³-hybridized carbons (Fsp3) is 0.520. The Hall–Kier alpha value is -2.96. The second-order valence-electron chi connectivity index (χ2n) is 9.46.